The third kappa shape index (κ3) is 5.68. The molecule has 0 spiro atoms. The first-order chi connectivity index (χ1) is 14.1. The fraction of sp³-hybridized carbons (Fsp3) is 0.938. The summed E-state index contributed by atoms with van der Waals surface area (Å²) in [7, 11) is 0. The van der Waals surface area contributed by atoms with Crippen molar-refractivity contribution in [2.75, 3.05) is 19.8 Å². The summed E-state index contributed by atoms with van der Waals surface area (Å²) >= 11 is 0. The molecule has 0 radical (unpaired) electrons. The van der Waals surface area contributed by atoms with Gasteiger partial charge < -0.3 is 69.7 Å². The van der Waals surface area contributed by atoms with Crippen molar-refractivity contribution in [2.45, 2.75) is 73.6 Å². The molecular formula is C16H28O14. The fourth-order valence-electron chi connectivity index (χ4n) is 2.97. The molecule has 0 aromatic carbocycles. The van der Waals surface area contributed by atoms with Crippen molar-refractivity contribution in [3.05, 3.63) is 0 Å². The third-order valence-corrected chi connectivity index (χ3v) is 4.87. The number of carbonyl (C=O) groups is 1. The summed E-state index contributed by atoms with van der Waals surface area (Å²) in [5, 5.41) is 87.6. The fourth-order valence-corrected chi connectivity index (χ4v) is 2.97. The smallest absolute Gasteiger partial charge is 0.187 e. The standard InChI is InChI=1S/C16H28O14/c17-1-5(19)11(24)14(30-16-13(26)10(23)7(21)4-28-16)8(2-18)29-15-12(25)9(22)6(20)3-27-15/h2,5-17,19-26H,1,3-4H2/t5-,6-,7-,8+,9+,10+,11-,12-,13-,14-,15?,16?/m1/s1. The maximum Gasteiger partial charge on any atom is 0.187 e. The van der Waals surface area contributed by atoms with Crippen LogP contribution in [0.4, 0.5) is 0 Å². The number of hydrogen-bond donors (Lipinski definition) is 9. The van der Waals surface area contributed by atoms with E-state index in [-0.39, 0.29) is 6.29 Å². The van der Waals surface area contributed by atoms with Gasteiger partial charge in [0.2, 0.25) is 0 Å². The predicted molar refractivity (Wildman–Crippen MR) is 90.4 cm³/mol. The first kappa shape index (κ1) is 25.4. The molecule has 2 unspecified atom stereocenters. The highest BCUT2D eigenvalue weighted by Crippen LogP contribution is 2.24. The van der Waals surface area contributed by atoms with Crippen LogP contribution in [0.3, 0.4) is 0 Å². The quantitative estimate of drug-likeness (QED) is 0.150. The van der Waals surface area contributed by atoms with Gasteiger partial charge >= 0.3 is 0 Å². The van der Waals surface area contributed by atoms with Crippen LogP contribution in [0, 0.1) is 0 Å². The number of ether oxygens (including phenoxy) is 4. The molecular weight excluding hydrogens is 416 g/mol. The Bertz CT molecular complexity index is 536. The van der Waals surface area contributed by atoms with Crippen LogP contribution in [0.2, 0.25) is 0 Å². The predicted octanol–water partition coefficient (Wildman–Crippen LogP) is -6.45. The van der Waals surface area contributed by atoms with Crippen molar-refractivity contribution in [2.24, 2.45) is 0 Å². The van der Waals surface area contributed by atoms with Gasteiger partial charge in [0.05, 0.1) is 19.8 Å². The summed E-state index contributed by atoms with van der Waals surface area (Å²) in [6, 6.07) is 0. The van der Waals surface area contributed by atoms with Crippen LogP contribution in [0.25, 0.3) is 0 Å². The highest BCUT2D eigenvalue weighted by molar-refractivity contribution is 5.57. The van der Waals surface area contributed by atoms with Gasteiger partial charge in [-0.05, 0) is 0 Å². The number of carbonyl (C=O) groups excluding carboxylic acids is 1. The van der Waals surface area contributed by atoms with Gasteiger partial charge in [0, 0.05) is 0 Å². The van der Waals surface area contributed by atoms with Crippen LogP contribution in [0.5, 0.6) is 0 Å². The molecule has 2 heterocycles. The van der Waals surface area contributed by atoms with Gasteiger partial charge in [0.25, 0.3) is 0 Å². The van der Waals surface area contributed by atoms with Crippen molar-refractivity contribution >= 4 is 6.29 Å². The van der Waals surface area contributed by atoms with Crippen molar-refractivity contribution in [3.8, 4) is 0 Å². The molecule has 2 rings (SSSR count). The summed E-state index contributed by atoms with van der Waals surface area (Å²) in [5.74, 6) is 0. The van der Waals surface area contributed by atoms with Crippen molar-refractivity contribution in [1.29, 1.82) is 0 Å². The number of aldehydes is 1. The zero-order chi connectivity index (χ0) is 22.6. The Labute approximate surface area is 170 Å². The lowest BCUT2D eigenvalue weighted by atomic mass is 10.0. The zero-order valence-corrected chi connectivity index (χ0v) is 15.7. The molecule has 0 bridgehead atoms. The summed E-state index contributed by atoms with van der Waals surface area (Å²) in [6.45, 7) is -1.86. The second-order valence-corrected chi connectivity index (χ2v) is 7.08. The SMILES string of the molecule is O=C[C@H](OC1OC[C@@H](O)[C@H](O)[C@H]1O)[C@@H](OC1OC[C@@H](O)[C@H](O)[C@H]1O)[C@H](O)[C@H](O)CO. The summed E-state index contributed by atoms with van der Waals surface area (Å²) < 4.78 is 20.6. The van der Waals surface area contributed by atoms with Gasteiger partial charge in [0.15, 0.2) is 18.9 Å². The Hall–Kier alpha value is -0.850. The van der Waals surface area contributed by atoms with Gasteiger partial charge in [-0.15, -0.1) is 0 Å². The average molecular weight is 444 g/mol. The number of rotatable bonds is 9. The van der Waals surface area contributed by atoms with Crippen LogP contribution in [-0.2, 0) is 23.7 Å². The van der Waals surface area contributed by atoms with Gasteiger partial charge in [0.1, 0.15) is 61.0 Å². The topological polar surface area (TPSA) is 236 Å². The first-order valence-electron chi connectivity index (χ1n) is 9.17. The molecule has 30 heavy (non-hydrogen) atoms. The first-order valence-corrected chi connectivity index (χ1v) is 9.17. The Morgan fingerprint density at radius 1 is 0.833 bits per heavy atom. The highest BCUT2D eigenvalue weighted by Gasteiger charge is 2.46. The van der Waals surface area contributed by atoms with Crippen LogP contribution in [0.15, 0.2) is 0 Å². The number of aliphatic hydroxyl groups excluding tert-OH is 9. The minimum Gasteiger partial charge on any atom is -0.394 e. The van der Waals surface area contributed by atoms with E-state index in [1.807, 2.05) is 0 Å². The van der Waals surface area contributed by atoms with Gasteiger partial charge in [-0.25, -0.2) is 0 Å². The van der Waals surface area contributed by atoms with E-state index in [1.165, 1.54) is 0 Å². The van der Waals surface area contributed by atoms with E-state index in [2.05, 4.69) is 0 Å². The Balaban J connectivity index is 2.18. The van der Waals surface area contributed by atoms with Crippen molar-refractivity contribution in [1.82, 2.24) is 0 Å². The van der Waals surface area contributed by atoms with Crippen LogP contribution in [0.1, 0.15) is 0 Å². The van der Waals surface area contributed by atoms with Gasteiger partial charge in [-0.1, -0.05) is 0 Å². The molecule has 2 saturated heterocycles. The minimum atomic E-state index is -1.98. The maximum absolute atomic E-state index is 11.6. The Morgan fingerprint density at radius 2 is 1.30 bits per heavy atom. The average Bonchev–Trinajstić information content (AvgIpc) is 2.74. The van der Waals surface area contributed by atoms with Crippen LogP contribution < -0.4 is 0 Å². The summed E-state index contributed by atoms with van der Waals surface area (Å²) in [6.07, 6.45) is -20.4. The molecule has 0 amide bonds. The number of hydrogen-bond acceptors (Lipinski definition) is 14. The highest BCUT2D eigenvalue weighted by atomic mass is 16.7. The van der Waals surface area contributed by atoms with Crippen molar-refractivity contribution in [3.63, 3.8) is 0 Å². The molecule has 176 valence electrons. The third-order valence-electron chi connectivity index (χ3n) is 4.87. The lowest BCUT2D eigenvalue weighted by Gasteiger charge is -2.41. The maximum atomic E-state index is 11.6. The van der Waals surface area contributed by atoms with E-state index in [1.54, 1.807) is 0 Å². The van der Waals surface area contributed by atoms with E-state index < -0.39 is 93.4 Å². The van der Waals surface area contributed by atoms with E-state index >= 15 is 0 Å². The molecule has 2 aliphatic rings. The lowest BCUT2D eigenvalue weighted by Crippen LogP contribution is -2.60. The molecule has 2 aliphatic heterocycles. The molecule has 12 atom stereocenters. The van der Waals surface area contributed by atoms with E-state index in [0.717, 1.165) is 0 Å². The molecule has 9 N–H and O–H groups in total. The molecule has 2 fully saturated rings. The van der Waals surface area contributed by atoms with Gasteiger partial charge in [-0.3, -0.25) is 0 Å². The Kier molecular flexibility index (Phi) is 9.44. The van der Waals surface area contributed by atoms with Crippen LogP contribution in [-0.4, -0.2) is 146 Å². The molecule has 0 saturated carbocycles. The second kappa shape index (κ2) is 11.1. The zero-order valence-electron chi connectivity index (χ0n) is 15.7. The summed E-state index contributed by atoms with van der Waals surface area (Å²) in [5.41, 5.74) is 0. The molecule has 14 heteroatoms. The van der Waals surface area contributed by atoms with Gasteiger partial charge in [-0.2, -0.15) is 0 Å². The number of aliphatic hydroxyl groups is 9. The minimum absolute atomic E-state index is 0.103. The van der Waals surface area contributed by atoms with E-state index in [9.17, 15) is 45.6 Å². The van der Waals surface area contributed by atoms with E-state index in [0.29, 0.717) is 0 Å². The summed E-state index contributed by atoms with van der Waals surface area (Å²) in [4.78, 5) is 11.6. The second-order valence-electron chi connectivity index (χ2n) is 7.08. The molecule has 0 aliphatic carbocycles. The molecule has 0 aromatic rings. The Morgan fingerprint density at radius 3 is 1.73 bits per heavy atom. The largest absolute Gasteiger partial charge is 0.394 e. The normalized spacial score (nSPS) is 41.6. The molecule has 14 nitrogen and oxygen atoms in total. The monoisotopic (exact) mass is 444 g/mol. The van der Waals surface area contributed by atoms with Crippen molar-refractivity contribution < 1.29 is 69.7 Å². The lowest BCUT2D eigenvalue weighted by molar-refractivity contribution is -0.322. The molecule has 0 aromatic heterocycles. The van der Waals surface area contributed by atoms with Crippen LogP contribution >= 0.6 is 0 Å². The van der Waals surface area contributed by atoms with E-state index in [4.69, 9.17) is 24.1 Å².